The highest BCUT2D eigenvalue weighted by Gasteiger charge is 2.11. The summed E-state index contributed by atoms with van der Waals surface area (Å²) in [6.07, 6.45) is -0.124. The number of aromatic nitrogens is 1. The summed E-state index contributed by atoms with van der Waals surface area (Å²) in [6, 6.07) is 0. The normalized spacial score (nSPS) is 9.64. The Labute approximate surface area is 62.0 Å². The Kier molecular flexibility index (Phi) is 2.20. The van der Waals surface area contributed by atoms with Crippen molar-refractivity contribution >= 4 is 5.97 Å². The second-order valence-electron chi connectivity index (χ2n) is 1.71. The molecule has 5 heteroatoms. The van der Waals surface area contributed by atoms with Gasteiger partial charge in [-0.25, -0.2) is 4.79 Å². The van der Waals surface area contributed by atoms with Crippen molar-refractivity contribution in [2.45, 2.75) is 6.92 Å². The Hall–Kier alpha value is -1.39. The van der Waals surface area contributed by atoms with Crippen molar-refractivity contribution < 1.29 is 18.3 Å². The number of carbonyl (C=O) groups is 1. The first kappa shape index (κ1) is 7.71. The van der Waals surface area contributed by atoms with E-state index in [1.54, 1.807) is 6.92 Å². The minimum absolute atomic E-state index is 0.149. The first-order chi connectivity index (χ1) is 5.24. The summed E-state index contributed by atoms with van der Waals surface area (Å²) < 4.78 is 20.7. The molecular weight excluding hydrogens is 153 g/mol. The van der Waals surface area contributed by atoms with Crippen LogP contribution in [-0.4, -0.2) is 17.6 Å². The van der Waals surface area contributed by atoms with Gasteiger partial charge in [-0.15, -0.1) is 4.39 Å². The van der Waals surface area contributed by atoms with Crippen molar-refractivity contribution in [2.24, 2.45) is 0 Å². The SMILES string of the molecule is CCOC(=O)c1coc(F)n1. The summed E-state index contributed by atoms with van der Waals surface area (Å²) in [7, 11) is 0. The lowest BCUT2D eigenvalue weighted by atomic mass is 10.5. The first-order valence-electron chi connectivity index (χ1n) is 3.02. The van der Waals surface area contributed by atoms with Gasteiger partial charge in [-0.1, -0.05) is 0 Å². The standard InChI is InChI=1S/C6H6FNO3/c1-2-10-5(9)4-3-11-6(7)8-4/h3H,2H2,1H3. The molecule has 0 amide bonds. The van der Waals surface area contributed by atoms with Gasteiger partial charge >= 0.3 is 12.1 Å². The van der Waals surface area contributed by atoms with Crippen LogP contribution in [0.3, 0.4) is 0 Å². The van der Waals surface area contributed by atoms with Crippen LogP contribution >= 0.6 is 0 Å². The minimum atomic E-state index is -1.03. The third-order valence-corrected chi connectivity index (χ3v) is 0.961. The second-order valence-corrected chi connectivity index (χ2v) is 1.71. The number of rotatable bonds is 2. The largest absolute Gasteiger partial charge is 0.461 e. The first-order valence-corrected chi connectivity index (χ1v) is 3.02. The zero-order valence-electron chi connectivity index (χ0n) is 5.83. The van der Waals surface area contributed by atoms with Crippen LogP contribution in [-0.2, 0) is 4.74 Å². The van der Waals surface area contributed by atoms with E-state index in [0.717, 1.165) is 6.26 Å². The smallest absolute Gasteiger partial charge is 0.382 e. The number of oxazole rings is 1. The number of hydrogen-bond acceptors (Lipinski definition) is 4. The van der Waals surface area contributed by atoms with Crippen LogP contribution < -0.4 is 0 Å². The topological polar surface area (TPSA) is 52.3 Å². The van der Waals surface area contributed by atoms with Gasteiger partial charge in [-0.2, -0.15) is 4.98 Å². The Balaban J connectivity index is 2.69. The molecule has 0 aliphatic carbocycles. The van der Waals surface area contributed by atoms with E-state index in [1.807, 2.05) is 0 Å². The maximum Gasteiger partial charge on any atom is 0.382 e. The average molecular weight is 159 g/mol. The number of carbonyl (C=O) groups excluding carboxylic acids is 1. The van der Waals surface area contributed by atoms with E-state index in [9.17, 15) is 9.18 Å². The van der Waals surface area contributed by atoms with Crippen LogP contribution in [0.5, 0.6) is 0 Å². The molecule has 0 aliphatic heterocycles. The lowest BCUT2D eigenvalue weighted by Gasteiger charge is -1.94. The van der Waals surface area contributed by atoms with E-state index in [-0.39, 0.29) is 12.3 Å². The minimum Gasteiger partial charge on any atom is -0.461 e. The number of ether oxygens (including phenoxy) is 1. The zero-order chi connectivity index (χ0) is 8.27. The molecule has 0 aliphatic rings. The van der Waals surface area contributed by atoms with Gasteiger partial charge in [0.25, 0.3) is 0 Å². The maximum atomic E-state index is 12.0. The van der Waals surface area contributed by atoms with Gasteiger partial charge in [0.2, 0.25) is 0 Å². The van der Waals surface area contributed by atoms with Crippen LogP contribution in [0.1, 0.15) is 17.4 Å². The average Bonchev–Trinajstić information content (AvgIpc) is 2.36. The van der Waals surface area contributed by atoms with Crippen molar-refractivity contribution in [3.05, 3.63) is 18.1 Å². The van der Waals surface area contributed by atoms with Gasteiger partial charge < -0.3 is 9.15 Å². The molecule has 0 bridgehead atoms. The molecule has 1 rings (SSSR count). The van der Waals surface area contributed by atoms with Gasteiger partial charge in [0, 0.05) is 0 Å². The van der Waals surface area contributed by atoms with Gasteiger partial charge in [0.05, 0.1) is 6.61 Å². The fourth-order valence-electron chi connectivity index (χ4n) is 0.551. The van der Waals surface area contributed by atoms with Crippen molar-refractivity contribution in [2.75, 3.05) is 6.61 Å². The molecule has 0 N–H and O–H groups in total. The third kappa shape index (κ3) is 1.76. The molecule has 0 fully saturated rings. The molecule has 0 atom stereocenters. The van der Waals surface area contributed by atoms with E-state index in [2.05, 4.69) is 14.1 Å². The van der Waals surface area contributed by atoms with E-state index in [1.165, 1.54) is 0 Å². The Morgan fingerprint density at radius 2 is 2.64 bits per heavy atom. The fraction of sp³-hybridized carbons (Fsp3) is 0.333. The lowest BCUT2D eigenvalue weighted by Crippen LogP contribution is -2.04. The third-order valence-electron chi connectivity index (χ3n) is 0.961. The lowest BCUT2D eigenvalue weighted by molar-refractivity contribution is 0.0519. The van der Waals surface area contributed by atoms with Crippen LogP contribution in [0, 0.1) is 6.14 Å². The molecule has 4 nitrogen and oxygen atoms in total. The molecule has 0 spiro atoms. The number of nitrogens with zero attached hydrogens (tertiary/aromatic N) is 1. The number of esters is 1. The van der Waals surface area contributed by atoms with Crippen molar-refractivity contribution in [3.63, 3.8) is 0 Å². The Morgan fingerprint density at radius 3 is 3.09 bits per heavy atom. The molecule has 1 aromatic rings. The fourth-order valence-corrected chi connectivity index (χ4v) is 0.551. The quantitative estimate of drug-likeness (QED) is 0.604. The summed E-state index contributed by atoms with van der Waals surface area (Å²) >= 11 is 0. The van der Waals surface area contributed by atoms with Crippen LogP contribution in [0.15, 0.2) is 10.7 Å². The Bertz CT molecular complexity index is 258. The van der Waals surface area contributed by atoms with E-state index in [4.69, 9.17) is 0 Å². The summed E-state index contributed by atoms with van der Waals surface area (Å²) in [5.74, 6) is -0.680. The molecule has 60 valence electrons. The Morgan fingerprint density at radius 1 is 1.91 bits per heavy atom. The predicted molar refractivity (Wildman–Crippen MR) is 32.4 cm³/mol. The molecule has 1 aromatic heterocycles. The molecule has 0 saturated heterocycles. The maximum absolute atomic E-state index is 12.0. The van der Waals surface area contributed by atoms with Crippen molar-refractivity contribution in [1.29, 1.82) is 0 Å². The highest BCUT2D eigenvalue weighted by molar-refractivity contribution is 5.86. The molecule has 1 heterocycles. The molecule has 11 heavy (non-hydrogen) atoms. The second kappa shape index (κ2) is 3.14. The van der Waals surface area contributed by atoms with Gasteiger partial charge in [0.1, 0.15) is 6.26 Å². The molecule has 0 aromatic carbocycles. The van der Waals surface area contributed by atoms with Gasteiger partial charge in [0.15, 0.2) is 5.69 Å². The van der Waals surface area contributed by atoms with Crippen LogP contribution in [0.4, 0.5) is 4.39 Å². The summed E-state index contributed by atoms with van der Waals surface area (Å²) in [4.78, 5) is 13.9. The van der Waals surface area contributed by atoms with E-state index in [0.29, 0.717) is 0 Å². The van der Waals surface area contributed by atoms with E-state index >= 15 is 0 Å². The zero-order valence-corrected chi connectivity index (χ0v) is 5.83. The van der Waals surface area contributed by atoms with Gasteiger partial charge in [-0.3, -0.25) is 0 Å². The van der Waals surface area contributed by atoms with Crippen molar-refractivity contribution in [3.8, 4) is 0 Å². The highest BCUT2D eigenvalue weighted by Crippen LogP contribution is 2.01. The molecule has 0 radical (unpaired) electrons. The number of halogens is 1. The summed E-state index contributed by atoms with van der Waals surface area (Å²) in [6.45, 7) is 1.88. The molecular formula is C6H6FNO3. The number of hydrogen-bond donors (Lipinski definition) is 0. The van der Waals surface area contributed by atoms with E-state index < -0.39 is 12.1 Å². The highest BCUT2D eigenvalue weighted by atomic mass is 19.1. The molecule has 0 unspecified atom stereocenters. The van der Waals surface area contributed by atoms with Gasteiger partial charge in [-0.05, 0) is 6.92 Å². The predicted octanol–water partition coefficient (Wildman–Crippen LogP) is 0.990. The van der Waals surface area contributed by atoms with Crippen molar-refractivity contribution in [1.82, 2.24) is 4.98 Å². The van der Waals surface area contributed by atoms with Crippen LogP contribution in [0.25, 0.3) is 0 Å². The summed E-state index contributed by atoms with van der Waals surface area (Å²) in [5.41, 5.74) is -0.149. The monoisotopic (exact) mass is 159 g/mol. The summed E-state index contributed by atoms with van der Waals surface area (Å²) in [5, 5.41) is 0. The van der Waals surface area contributed by atoms with Crippen LogP contribution in [0.2, 0.25) is 0 Å². The molecule has 0 saturated carbocycles.